The van der Waals surface area contributed by atoms with Crippen molar-refractivity contribution in [1.82, 2.24) is 14.9 Å². The van der Waals surface area contributed by atoms with E-state index in [-0.39, 0.29) is 6.61 Å². The predicted molar refractivity (Wildman–Crippen MR) is 121 cm³/mol. The number of hydrogen-bond acceptors (Lipinski definition) is 7. The summed E-state index contributed by atoms with van der Waals surface area (Å²) < 4.78 is 0. The van der Waals surface area contributed by atoms with Gasteiger partial charge in [0.05, 0.1) is 17.7 Å². The highest BCUT2D eigenvalue weighted by molar-refractivity contribution is 7.98. The largest absolute Gasteiger partial charge is 0.395 e. The molecule has 0 unspecified atom stereocenters. The van der Waals surface area contributed by atoms with Crippen LogP contribution in [0.1, 0.15) is 22.7 Å². The first-order valence-corrected chi connectivity index (χ1v) is 12.2. The summed E-state index contributed by atoms with van der Waals surface area (Å²) in [5, 5.41) is 10.5. The average Bonchev–Trinajstić information content (AvgIpc) is 3.34. The number of fused-ring (bicyclic) bond motifs is 3. The Morgan fingerprint density at radius 1 is 1.03 bits per heavy atom. The molecule has 0 atom stereocenters. The lowest BCUT2D eigenvalue weighted by molar-refractivity contribution is 0.188. The number of piperazine rings is 1. The number of anilines is 1. The third kappa shape index (κ3) is 4.01. The molecule has 2 aliphatic rings. The molecule has 0 spiro atoms. The van der Waals surface area contributed by atoms with E-state index in [0.29, 0.717) is 0 Å². The van der Waals surface area contributed by atoms with E-state index < -0.39 is 0 Å². The summed E-state index contributed by atoms with van der Waals surface area (Å²) in [6.45, 7) is 4.87. The van der Waals surface area contributed by atoms with Crippen LogP contribution in [0.25, 0.3) is 10.2 Å². The Morgan fingerprint density at radius 3 is 2.66 bits per heavy atom. The van der Waals surface area contributed by atoms with Crippen LogP contribution in [0, 0.1) is 0 Å². The predicted octanol–water partition coefficient (Wildman–Crippen LogP) is 3.59. The molecule has 3 heterocycles. The fourth-order valence-corrected chi connectivity index (χ4v) is 6.35. The van der Waals surface area contributed by atoms with Crippen molar-refractivity contribution < 1.29 is 5.11 Å². The van der Waals surface area contributed by atoms with Crippen molar-refractivity contribution in [2.45, 2.75) is 29.9 Å². The first kappa shape index (κ1) is 19.3. The molecule has 1 aliphatic heterocycles. The van der Waals surface area contributed by atoms with Crippen LogP contribution in [-0.4, -0.2) is 59.3 Å². The number of benzene rings is 1. The molecule has 0 radical (unpaired) electrons. The molecule has 0 bridgehead atoms. The van der Waals surface area contributed by atoms with E-state index in [1.807, 2.05) is 17.4 Å². The summed E-state index contributed by atoms with van der Waals surface area (Å²) in [6, 6.07) is 10.5. The molecule has 0 amide bonds. The lowest BCUT2D eigenvalue weighted by atomic mass is 10.1. The second kappa shape index (κ2) is 8.60. The van der Waals surface area contributed by atoms with Gasteiger partial charge in [0.25, 0.3) is 0 Å². The lowest BCUT2D eigenvalue weighted by Crippen LogP contribution is -2.47. The third-order valence-corrected chi connectivity index (χ3v) is 7.98. The van der Waals surface area contributed by atoms with Gasteiger partial charge in [-0.25, -0.2) is 9.97 Å². The van der Waals surface area contributed by atoms with Crippen LogP contribution >= 0.6 is 23.1 Å². The van der Waals surface area contributed by atoms with Crippen LogP contribution < -0.4 is 4.90 Å². The number of thiophene rings is 1. The van der Waals surface area contributed by atoms with E-state index in [9.17, 15) is 5.11 Å². The minimum atomic E-state index is 0.233. The van der Waals surface area contributed by atoms with Crippen LogP contribution in [0.15, 0.2) is 35.2 Å². The quantitative estimate of drug-likeness (QED) is 0.608. The Hall–Kier alpha value is -1.67. The van der Waals surface area contributed by atoms with Gasteiger partial charge in [0.2, 0.25) is 0 Å². The second-order valence-electron chi connectivity index (χ2n) is 7.65. The second-order valence-corrected chi connectivity index (χ2v) is 9.79. The maximum atomic E-state index is 9.23. The van der Waals surface area contributed by atoms with Crippen LogP contribution in [0.2, 0.25) is 0 Å². The number of nitrogens with zero attached hydrogens (tertiary/aromatic N) is 4. The number of aliphatic hydroxyl groups excluding tert-OH is 1. The number of aryl methyl sites for hydroxylation is 2. The Balaban J connectivity index is 1.45. The van der Waals surface area contributed by atoms with Crippen LogP contribution in [-0.2, 0) is 18.6 Å². The number of aliphatic hydroxyl groups is 1. The molecule has 1 N–H and O–H groups in total. The van der Waals surface area contributed by atoms with Gasteiger partial charge in [0, 0.05) is 42.5 Å². The molecule has 3 aromatic rings. The summed E-state index contributed by atoms with van der Waals surface area (Å²) in [5.41, 5.74) is 1.50. The molecule has 0 saturated carbocycles. The van der Waals surface area contributed by atoms with Crippen molar-refractivity contribution in [3.05, 3.63) is 46.6 Å². The molecular formula is C22H26N4OS2. The van der Waals surface area contributed by atoms with Gasteiger partial charge in [-0.3, -0.25) is 4.90 Å². The topological polar surface area (TPSA) is 52.5 Å². The van der Waals surface area contributed by atoms with Crippen LogP contribution in [0.5, 0.6) is 0 Å². The van der Waals surface area contributed by atoms with Gasteiger partial charge in [-0.15, -0.1) is 23.1 Å². The Bertz CT molecular complexity index is 983. The minimum absolute atomic E-state index is 0.233. The molecule has 5 nitrogen and oxygen atoms in total. The minimum Gasteiger partial charge on any atom is -0.395 e. The number of thioether (sulfide) groups is 1. The maximum Gasteiger partial charge on any atom is 0.142 e. The van der Waals surface area contributed by atoms with Gasteiger partial charge in [0.15, 0.2) is 0 Å². The first-order valence-electron chi connectivity index (χ1n) is 10.4. The van der Waals surface area contributed by atoms with E-state index in [1.54, 1.807) is 11.8 Å². The SMILES string of the molecule is OCCN1CCN(c2nc(CSc3ccccc3)nc3sc4c(c23)CCC4)CC1. The van der Waals surface area contributed by atoms with Crippen molar-refractivity contribution in [3.63, 3.8) is 0 Å². The Kier molecular flexibility index (Phi) is 5.72. The highest BCUT2D eigenvalue weighted by atomic mass is 32.2. The Labute approximate surface area is 179 Å². The van der Waals surface area contributed by atoms with Crippen molar-refractivity contribution in [2.75, 3.05) is 44.2 Å². The number of rotatable bonds is 6. The van der Waals surface area contributed by atoms with Crippen molar-refractivity contribution in [1.29, 1.82) is 0 Å². The summed E-state index contributed by atoms with van der Waals surface area (Å²) in [4.78, 5) is 18.8. The van der Waals surface area contributed by atoms with Crippen LogP contribution in [0.4, 0.5) is 5.82 Å². The summed E-state index contributed by atoms with van der Waals surface area (Å²) in [5.74, 6) is 2.86. The lowest BCUT2D eigenvalue weighted by Gasteiger charge is -2.35. The van der Waals surface area contributed by atoms with Crippen molar-refractivity contribution in [3.8, 4) is 0 Å². The average molecular weight is 427 g/mol. The van der Waals surface area contributed by atoms with Gasteiger partial charge in [-0.05, 0) is 37.0 Å². The van der Waals surface area contributed by atoms with Crippen molar-refractivity contribution in [2.24, 2.45) is 0 Å². The van der Waals surface area contributed by atoms with E-state index >= 15 is 0 Å². The normalized spacial score (nSPS) is 17.2. The zero-order valence-corrected chi connectivity index (χ0v) is 18.1. The van der Waals surface area contributed by atoms with Gasteiger partial charge in [-0.1, -0.05) is 18.2 Å². The molecule has 1 aromatic carbocycles. The molecule has 152 valence electrons. The van der Waals surface area contributed by atoms with Crippen LogP contribution in [0.3, 0.4) is 0 Å². The monoisotopic (exact) mass is 426 g/mol. The fraction of sp³-hybridized carbons (Fsp3) is 0.455. The van der Waals surface area contributed by atoms with E-state index in [2.05, 4.69) is 34.1 Å². The molecule has 29 heavy (non-hydrogen) atoms. The molecule has 2 aromatic heterocycles. The van der Waals surface area contributed by atoms with Gasteiger partial charge in [0.1, 0.15) is 16.5 Å². The Morgan fingerprint density at radius 2 is 1.86 bits per heavy atom. The van der Waals surface area contributed by atoms with E-state index in [4.69, 9.17) is 9.97 Å². The zero-order chi connectivity index (χ0) is 19.6. The fourth-order valence-electron chi connectivity index (χ4n) is 4.30. The third-order valence-electron chi connectivity index (χ3n) is 5.79. The standard InChI is InChI=1S/C22H26N4OS2/c27-14-13-25-9-11-26(12-10-25)21-20-17-7-4-8-18(17)29-22(20)24-19(23-21)15-28-16-5-2-1-3-6-16/h1-3,5-6,27H,4,7-15H2. The van der Waals surface area contributed by atoms with Gasteiger partial charge < -0.3 is 10.0 Å². The highest BCUT2D eigenvalue weighted by Gasteiger charge is 2.26. The van der Waals surface area contributed by atoms with Gasteiger partial charge in [-0.2, -0.15) is 0 Å². The maximum absolute atomic E-state index is 9.23. The van der Waals surface area contributed by atoms with Crippen molar-refractivity contribution >= 4 is 39.1 Å². The molecule has 5 rings (SSSR count). The zero-order valence-electron chi connectivity index (χ0n) is 16.5. The number of hydrogen-bond donors (Lipinski definition) is 1. The smallest absolute Gasteiger partial charge is 0.142 e. The summed E-state index contributed by atoms with van der Waals surface area (Å²) in [7, 11) is 0. The van der Waals surface area contributed by atoms with Gasteiger partial charge >= 0.3 is 0 Å². The molecule has 1 fully saturated rings. The summed E-state index contributed by atoms with van der Waals surface area (Å²) in [6.07, 6.45) is 3.61. The molecule has 7 heteroatoms. The highest BCUT2D eigenvalue weighted by Crippen LogP contribution is 2.41. The number of β-amino-alcohol motifs (C(OH)–C–C–N with tert-alkyl or cyclic N) is 1. The molecule has 1 saturated heterocycles. The molecule has 1 aliphatic carbocycles. The molecular weight excluding hydrogens is 400 g/mol. The first-order chi connectivity index (χ1) is 14.3. The summed E-state index contributed by atoms with van der Waals surface area (Å²) >= 11 is 3.68. The number of aromatic nitrogens is 2. The van der Waals surface area contributed by atoms with E-state index in [0.717, 1.165) is 56.5 Å². The van der Waals surface area contributed by atoms with E-state index in [1.165, 1.54) is 38.4 Å².